The zero-order valence-corrected chi connectivity index (χ0v) is 13.6. The van der Waals surface area contributed by atoms with E-state index < -0.39 is 6.98 Å². The number of nitrogens with zero attached hydrogens (tertiary/aromatic N) is 2. The van der Waals surface area contributed by atoms with Crippen molar-refractivity contribution in [3.63, 3.8) is 0 Å². The summed E-state index contributed by atoms with van der Waals surface area (Å²) in [5.41, 5.74) is 2.76. The fourth-order valence-corrected chi connectivity index (χ4v) is 2.72. The van der Waals surface area contributed by atoms with E-state index in [2.05, 4.69) is 4.90 Å². The third-order valence-corrected chi connectivity index (χ3v) is 3.94. The molecule has 0 saturated heterocycles. The van der Waals surface area contributed by atoms with E-state index >= 15 is 0 Å². The Kier molecular flexibility index (Phi) is 3.65. The van der Waals surface area contributed by atoms with Crippen molar-refractivity contribution in [3.8, 4) is 5.75 Å². The van der Waals surface area contributed by atoms with Crippen molar-refractivity contribution in [2.45, 2.75) is 13.0 Å². The summed E-state index contributed by atoms with van der Waals surface area (Å²) >= 11 is 0. The molecule has 3 nitrogen and oxygen atoms in total. The molecule has 3 aromatic rings. The number of ether oxygens (including phenoxy) is 1. The molecule has 0 amide bonds. The molecule has 1 aromatic heterocycles. The maximum Gasteiger partial charge on any atom is 0.129 e. The molecule has 0 aliphatic carbocycles. The number of aromatic nitrogens is 1. The van der Waals surface area contributed by atoms with Crippen molar-refractivity contribution in [2.24, 2.45) is 6.98 Å². The van der Waals surface area contributed by atoms with Crippen LogP contribution in [0.3, 0.4) is 0 Å². The number of fused-ring (bicyclic) bond motifs is 1. The van der Waals surface area contributed by atoms with Crippen LogP contribution >= 0.6 is 0 Å². The van der Waals surface area contributed by atoms with Crippen molar-refractivity contribution in [3.05, 3.63) is 65.9 Å². The van der Waals surface area contributed by atoms with Crippen molar-refractivity contribution < 1.29 is 8.85 Å². The van der Waals surface area contributed by atoms with Crippen LogP contribution in [-0.2, 0) is 20.0 Å². The molecule has 0 atom stereocenters. The molecule has 0 aliphatic heterocycles. The Morgan fingerprint density at radius 2 is 1.91 bits per heavy atom. The predicted octanol–water partition coefficient (Wildman–Crippen LogP) is 3.86. The van der Waals surface area contributed by atoms with E-state index in [1.807, 2.05) is 62.6 Å². The van der Waals surface area contributed by atoms with Gasteiger partial charge in [0, 0.05) is 29.2 Å². The van der Waals surface area contributed by atoms with E-state index in [1.165, 1.54) is 4.57 Å². The number of rotatable bonds is 6. The molecule has 0 fully saturated rings. The van der Waals surface area contributed by atoms with Gasteiger partial charge in [-0.2, -0.15) is 0 Å². The summed E-state index contributed by atoms with van der Waals surface area (Å²) in [6.07, 6.45) is 2.51. The van der Waals surface area contributed by atoms with Gasteiger partial charge in [-0.1, -0.05) is 36.4 Å². The lowest BCUT2D eigenvalue weighted by Gasteiger charge is -2.11. The van der Waals surface area contributed by atoms with Gasteiger partial charge >= 0.3 is 0 Å². The Balaban J connectivity index is 2.01. The summed E-state index contributed by atoms with van der Waals surface area (Å²) in [5, 5.41) is 0.890. The molecule has 3 rings (SSSR count). The fraction of sp³-hybridized carbons (Fsp3) is 0.300. The molecular weight excluding hydrogens is 284 g/mol. The Hall–Kier alpha value is -2.26. The molecule has 3 heteroatoms. The Morgan fingerprint density at radius 3 is 2.65 bits per heavy atom. The van der Waals surface area contributed by atoms with E-state index in [4.69, 9.17) is 8.85 Å². The summed E-state index contributed by atoms with van der Waals surface area (Å²) < 4.78 is 31.0. The van der Waals surface area contributed by atoms with E-state index in [9.17, 15) is 0 Å². The zero-order valence-electron chi connectivity index (χ0n) is 16.6. The van der Waals surface area contributed by atoms with Crippen LogP contribution in [0.5, 0.6) is 5.75 Å². The third kappa shape index (κ3) is 3.57. The zero-order chi connectivity index (χ0) is 18.7. The SMILES string of the molecule is [2H]C([2H])([2H])n1cc(CCN(C)C)c2c(OCc3ccccc3)cccc21. The van der Waals surface area contributed by atoms with Crippen molar-refractivity contribution in [1.29, 1.82) is 0 Å². The van der Waals surface area contributed by atoms with Gasteiger partial charge in [-0.25, -0.2) is 0 Å². The van der Waals surface area contributed by atoms with Crippen LogP contribution in [0.2, 0.25) is 0 Å². The minimum atomic E-state index is -2.22. The molecule has 0 aliphatic rings. The lowest BCUT2D eigenvalue weighted by molar-refractivity contribution is 0.310. The number of benzene rings is 2. The highest BCUT2D eigenvalue weighted by Gasteiger charge is 2.12. The second-order valence-electron chi connectivity index (χ2n) is 6.00. The minimum absolute atomic E-state index is 0.450. The topological polar surface area (TPSA) is 17.4 Å². The summed E-state index contributed by atoms with van der Waals surface area (Å²) in [7, 11) is 4.02. The minimum Gasteiger partial charge on any atom is -0.488 e. The number of likely N-dealkylation sites (N-methyl/N-ethyl adjacent to an activating group) is 1. The largest absolute Gasteiger partial charge is 0.488 e. The molecule has 23 heavy (non-hydrogen) atoms. The van der Waals surface area contributed by atoms with E-state index in [-0.39, 0.29) is 0 Å². The maximum atomic E-state index is 7.84. The first kappa shape index (κ1) is 12.2. The highest BCUT2D eigenvalue weighted by Crippen LogP contribution is 2.31. The molecule has 0 spiro atoms. The van der Waals surface area contributed by atoms with Gasteiger partial charge in [0.25, 0.3) is 0 Å². The second-order valence-corrected chi connectivity index (χ2v) is 6.00. The van der Waals surface area contributed by atoms with Gasteiger partial charge in [-0.3, -0.25) is 0 Å². The van der Waals surface area contributed by atoms with Gasteiger partial charge in [0.15, 0.2) is 0 Å². The van der Waals surface area contributed by atoms with E-state index in [0.717, 1.165) is 35.2 Å². The smallest absolute Gasteiger partial charge is 0.129 e. The van der Waals surface area contributed by atoms with Gasteiger partial charge in [0.2, 0.25) is 0 Å². The maximum absolute atomic E-state index is 7.84. The molecule has 0 unspecified atom stereocenters. The Morgan fingerprint density at radius 1 is 1.09 bits per heavy atom. The molecule has 2 aromatic carbocycles. The second kappa shape index (κ2) is 6.88. The first-order valence-corrected chi connectivity index (χ1v) is 7.81. The third-order valence-electron chi connectivity index (χ3n) is 3.94. The summed E-state index contributed by atoms with van der Waals surface area (Å²) in [4.78, 5) is 2.09. The Bertz CT molecular complexity index is 870. The van der Waals surface area contributed by atoms with Crippen molar-refractivity contribution in [1.82, 2.24) is 9.47 Å². The average Bonchev–Trinajstić information content (AvgIpc) is 2.99. The van der Waals surface area contributed by atoms with Crippen molar-refractivity contribution in [2.75, 3.05) is 20.6 Å². The first-order chi connectivity index (χ1) is 12.4. The standard InChI is InChI=1S/C20H24N2O/c1-21(2)13-12-17-14-22(3)18-10-7-11-19(20(17)18)23-15-16-8-5-4-6-9-16/h4-11,14H,12-13,15H2,1-3H3/i3D3. The number of aryl methyl sites for hydroxylation is 1. The quantitative estimate of drug-likeness (QED) is 0.688. The van der Waals surface area contributed by atoms with E-state index in [1.54, 1.807) is 6.20 Å². The molecule has 120 valence electrons. The molecule has 0 radical (unpaired) electrons. The number of hydrogen-bond acceptors (Lipinski definition) is 2. The van der Waals surface area contributed by atoms with E-state index in [0.29, 0.717) is 12.1 Å². The summed E-state index contributed by atoms with van der Waals surface area (Å²) in [6, 6.07) is 15.6. The van der Waals surface area contributed by atoms with Crippen LogP contribution < -0.4 is 4.74 Å². The predicted molar refractivity (Wildman–Crippen MR) is 96.0 cm³/mol. The van der Waals surface area contributed by atoms with Gasteiger partial charge in [-0.05, 0) is 43.8 Å². The van der Waals surface area contributed by atoms with Crippen LogP contribution in [0.15, 0.2) is 54.7 Å². The lowest BCUT2D eigenvalue weighted by Crippen LogP contribution is -2.14. The van der Waals surface area contributed by atoms with Gasteiger partial charge in [-0.15, -0.1) is 0 Å². The van der Waals surface area contributed by atoms with Crippen LogP contribution in [0.1, 0.15) is 15.2 Å². The van der Waals surface area contributed by atoms with Gasteiger partial charge in [0.1, 0.15) is 12.4 Å². The molecule has 0 saturated carbocycles. The molecular formula is C20H24N2O. The van der Waals surface area contributed by atoms with Crippen LogP contribution in [0.25, 0.3) is 10.9 Å². The van der Waals surface area contributed by atoms with Gasteiger partial charge < -0.3 is 14.2 Å². The lowest BCUT2D eigenvalue weighted by atomic mass is 10.1. The highest BCUT2D eigenvalue weighted by atomic mass is 16.5. The summed E-state index contributed by atoms with van der Waals surface area (Å²) in [6.45, 7) is -0.925. The number of hydrogen-bond donors (Lipinski definition) is 0. The van der Waals surface area contributed by atoms with Crippen LogP contribution in [0, 0.1) is 0 Å². The van der Waals surface area contributed by atoms with Crippen molar-refractivity contribution >= 4 is 10.9 Å². The highest BCUT2D eigenvalue weighted by molar-refractivity contribution is 5.90. The van der Waals surface area contributed by atoms with Crippen LogP contribution in [0.4, 0.5) is 0 Å². The normalized spacial score (nSPS) is 13.8. The Labute approximate surface area is 142 Å². The molecule has 0 bridgehead atoms. The first-order valence-electron chi connectivity index (χ1n) is 9.31. The molecule has 0 N–H and O–H groups in total. The average molecular weight is 311 g/mol. The van der Waals surface area contributed by atoms with Gasteiger partial charge in [0.05, 0.1) is 5.52 Å². The monoisotopic (exact) mass is 311 g/mol. The fourth-order valence-electron chi connectivity index (χ4n) is 2.72. The summed E-state index contributed by atoms with van der Waals surface area (Å²) in [5.74, 6) is 0.725. The molecule has 1 heterocycles. The van der Waals surface area contributed by atoms with Crippen LogP contribution in [-0.4, -0.2) is 30.1 Å².